The number of primary amides is 1. The van der Waals surface area contributed by atoms with Crippen LogP contribution in [0, 0.1) is 0 Å². The summed E-state index contributed by atoms with van der Waals surface area (Å²) >= 11 is 0. The maximum Gasteiger partial charge on any atom is 1.00 e. The smallest absolute Gasteiger partial charge is 1.00 e. The minimum atomic E-state index is -0.650. The molecule has 0 unspecified atom stereocenters. The number of carbonyl (C=O) groups excluding carboxylic acids is 1. The summed E-state index contributed by atoms with van der Waals surface area (Å²) in [7, 11) is 0. The minimum Gasteiger partial charge on any atom is -1.00 e. The normalized spacial score (nSPS) is 16.5. The molecule has 0 aliphatic heterocycles. The molecule has 8 heavy (non-hydrogen) atoms. The first-order valence-corrected chi connectivity index (χ1v) is 2.25. The summed E-state index contributed by atoms with van der Waals surface area (Å²) in [6, 6.07) is 0. The predicted molar refractivity (Wildman–Crippen MR) is 24.8 cm³/mol. The Balaban J connectivity index is 0. The van der Waals surface area contributed by atoms with Crippen LogP contribution >= 0.6 is 0 Å². The Labute approximate surface area is 71.3 Å². The average Bonchev–Trinajstić information content (AvgIpc) is 2.17. The van der Waals surface area contributed by atoms with Gasteiger partial charge in [0.25, 0.3) is 0 Å². The van der Waals surface area contributed by atoms with Gasteiger partial charge in [-0.2, -0.15) is 0 Å². The molecule has 0 aromatic carbocycles. The monoisotopic (exact) mass is 125 g/mol. The quantitative estimate of drug-likeness (QED) is 0.389. The van der Waals surface area contributed by atoms with E-state index in [2.05, 4.69) is 10.5 Å². The average molecular weight is 125 g/mol. The Hall–Kier alpha value is 0.270. The van der Waals surface area contributed by atoms with Crippen molar-refractivity contribution in [3.8, 4) is 0 Å². The molecule has 1 aliphatic carbocycles. The zero-order chi connectivity index (χ0) is 5.28. The third-order valence-electron chi connectivity index (χ3n) is 0.807. The van der Waals surface area contributed by atoms with Crippen molar-refractivity contribution >= 4 is 6.09 Å². The molecule has 0 spiro atoms. The van der Waals surface area contributed by atoms with Gasteiger partial charge < -0.3 is 11.9 Å². The largest absolute Gasteiger partial charge is 1.00 e. The molecule has 1 aliphatic rings. The standard InChI is InChI=1S/C4H7NO2.Na.H/c5-4(6)7-3-1-2-3;;/h3H,1-2H2,(H2,5,6);;/q;+1;-1. The predicted octanol–water partition coefficient (Wildman–Crippen LogP) is -2.64. The third kappa shape index (κ3) is 3.29. The van der Waals surface area contributed by atoms with Gasteiger partial charge in [-0.25, -0.2) is 4.79 Å². The molecule has 4 heteroatoms. The van der Waals surface area contributed by atoms with E-state index in [4.69, 9.17) is 0 Å². The van der Waals surface area contributed by atoms with Gasteiger partial charge in [-0.05, 0) is 12.8 Å². The second kappa shape index (κ2) is 3.33. The van der Waals surface area contributed by atoms with Crippen LogP contribution in [0.2, 0.25) is 0 Å². The van der Waals surface area contributed by atoms with E-state index in [0.29, 0.717) is 0 Å². The summed E-state index contributed by atoms with van der Waals surface area (Å²) in [6.45, 7) is 0. The van der Waals surface area contributed by atoms with E-state index in [1.165, 1.54) is 0 Å². The van der Waals surface area contributed by atoms with Crippen LogP contribution in [0.4, 0.5) is 4.79 Å². The Morgan fingerprint density at radius 3 is 2.38 bits per heavy atom. The molecule has 1 amide bonds. The van der Waals surface area contributed by atoms with Gasteiger partial charge in [0.05, 0.1) is 0 Å². The minimum absolute atomic E-state index is 0. The van der Waals surface area contributed by atoms with E-state index < -0.39 is 6.09 Å². The molecule has 0 bridgehead atoms. The third-order valence-corrected chi connectivity index (χ3v) is 0.807. The van der Waals surface area contributed by atoms with Crippen molar-refractivity contribution in [3.63, 3.8) is 0 Å². The Kier molecular flexibility index (Phi) is 3.44. The molecule has 0 aromatic heterocycles. The summed E-state index contributed by atoms with van der Waals surface area (Å²) in [5.41, 5.74) is 4.67. The van der Waals surface area contributed by atoms with Crippen molar-refractivity contribution in [2.24, 2.45) is 5.73 Å². The topological polar surface area (TPSA) is 52.3 Å². The van der Waals surface area contributed by atoms with Crippen LogP contribution in [0.15, 0.2) is 0 Å². The van der Waals surface area contributed by atoms with Crippen LogP contribution < -0.4 is 35.3 Å². The van der Waals surface area contributed by atoms with Crippen LogP contribution in [0.3, 0.4) is 0 Å². The van der Waals surface area contributed by atoms with Gasteiger partial charge in [0.15, 0.2) is 0 Å². The number of amides is 1. The summed E-state index contributed by atoms with van der Waals surface area (Å²) in [5, 5.41) is 0. The Morgan fingerprint density at radius 1 is 1.75 bits per heavy atom. The van der Waals surface area contributed by atoms with Crippen molar-refractivity contribution in [2.75, 3.05) is 0 Å². The first-order chi connectivity index (χ1) is 3.29. The van der Waals surface area contributed by atoms with Crippen molar-refractivity contribution in [1.29, 1.82) is 0 Å². The van der Waals surface area contributed by atoms with Gasteiger partial charge in [0.2, 0.25) is 0 Å². The summed E-state index contributed by atoms with van der Waals surface area (Å²) < 4.78 is 4.50. The van der Waals surface area contributed by atoms with Crippen molar-refractivity contribution in [1.82, 2.24) is 0 Å². The zero-order valence-corrected chi connectivity index (χ0v) is 6.89. The fraction of sp³-hybridized carbons (Fsp3) is 0.750. The van der Waals surface area contributed by atoms with E-state index in [1.807, 2.05) is 0 Å². The summed E-state index contributed by atoms with van der Waals surface area (Å²) in [5.74, 6) is 0. The molecule has 1 fully saturated rings. The number of hydrogen-bond donors (Lipinski definition) is 1. The Morgan fingerprint density at radius 2 is 2.25 bits per heavy atom. The van der Waals surface area contributed by atoms with Gasteiger partial charge in [-0.15, -0.1) is 0 Å². The van der Waals surface area contributed by atoms with Crippen LogP contribution in [0.5, 0.6) is 0 Å². The van der Waals surface area contributed by atoms with E-state index in [1.54, 1.807) is 0 Å². The van der Waals surface area contributed by atoms with Gasteiger partial charge >= 0.3 is 35.7 Å². The second-order valence-corrected chi connectivity index (χ2v) is 1.64. The summed E-state index contributed by atoms with van der Waals surface area (Å²) in [4.78, 5) is 9.85. The number of carbonyl (C=O) groups is 1. The van der Waals surface area contributed by atoms with E-state index in [-0.39, 0.29) is 37.1 Å². The van der Waals surface area contributed by atoms with Gasteiger partial charge in [-0.3, -0.25) is 0 Å². The van der Waals surface area contributed by atoms with Crippen molar-refractivity contribution in [2.45, 2.75) is 18.9 Å². The van der Waals surface area contributed by atoms with Gasteiger partial charge in [-0.1, -0.05) is 0 Å². The van der Waals surface area contributed by atoms with Crippen LogP contribution in [0.1, 0.15) is 14.3 Å². The molecule has 42 valence electrons. The number of rotatable bonds is 1. The first kappa shape index (κ1) is 8.27. The molecule has 0 saturated heterocycles. The second-order valence-electron chi connectivity index (χ2n) is 1.64. The maximum atomic E-state index is 9.85. The fourth-order valence-electron chi connectivity index (χ4n) is 0.350. The molecule has 1 rings (SSSR count). The van der Waals surface area contributed by atoms with Crippen LogP contribution in [0.25, 0.3) is 0 Å². The SMILES string of the molecule is NC(=O)OC1CC1.[H-].[Na+]. The van der Waals surface area contributed by atoms with Crippen LogP contribution in [-0.4, -0.2) is 12.2 Å². The number of hydrogen-bond acceptors (Lipinski definition) is 2. The molecule has 0 aromatic rings. The maximum absolute atomic E-state index is 9.85. The number of nitrogens with two attached hydrogens (primary N) is 1. The van der Waals surface area contributed by atoms with Crippen molar-refractivity contribution in [3.05, 3.63) is 0 Å². The molecule has 1 saturated carbocycles. The van der Waals surface area contributed by atoms with E-state index in [9.17, 15) is 4.79 Å². The molecular formula is C4H8NNaO2. The van der Waals surface area contributed by atoms with Gasteiger partial charge in [0, 0.05) is 0 Å². The molecule has 0 atom stereocenters. The van der Waals surface area contributed by atoms with E-state index >= 15 is 0 Å². The fourth-order valence-corrected chi connectivity index (χ4v) is 0.350. The molecular weight excluding hydrogens is 117 g/mol. The molecule has 0 heterocycles. The Bertz CT molecular complexity index is 96.6. The molecule has 2 N–H and O–H groups in total. The molecule has 0 radical (unpaired) electrons. The first-order valence-electron chi connectivity index (χ1n) is 2.25. The van der Waals surface area contributed by atoms with Crippen molar-refractivity contribution < 1.29 is 40.5 Å². The number of ether oxygens (including phenoxy) is 1. The zero-order valence-electron chi connectivity index (χ0n) is 5.89. The van der Waals surface area contributed by atoms with E-state index in [0.717, 1.165) is 12.8 Å². The molecule has 3 nitrogen and oxygen atoms in total. The summed E-state index contributed by atoms with van der Waals surface area (Å²) in [6.07, 6.45) is 1.48. The van der Waals surface area contributed by atoms with Crippen LogP contribution in [-0.2, 0) is 4.74 Å². The van der Waals surface area contributed by atoms with Gasteiger partial charge in [0.1, 0.15) is 6.10 Å².